The number of hydrogen-bond donors (Lipinski definition) is 2. The van der Waals surface area contributed by atoms with Crippen molar-refractivity contribution in [1.29, 1.82) is 0 Å². The average molecular weight is 240 g/mol. The quantitative estimate of drug-likeness (QED) is 0.777. The molecule has 1 aromatic carbocycles. The molecule has 0 aromatic heterocycles. The van der Waals surface area contributed by atoms with Gasteiger partial charge in [-0.1, -0.05) is 19.1 Å². The van der Waals surface area contributed by atoms with Crippen molar-refractivity contribution in [3.8, 4) is 0 Å². The van der Waals surface area contributed by atoms with Crippen LogP contribution in [-0.4, -0.2) is 21.6 Å². The van der Waals surface area contributed by atoms with E-state index in [2.05, 4.69) is 0 Å². The van der Waals surface area contributed by atoms with Gasteiger partial charge in [-0.2, -0.15) is 0 Å². The molecule has 0 radical (unpaired) electrons. The zero-order valence-corrected chi connectivity index (χ0v) is 10.9. The minimum atomic E-state index is -0.604. The highest BCUT2D eigenvalue weighted by Gasteiger charge is 2.17. The van der Waals surface area contributed by atoms with E-state index >= 15 is 0 Å². The molecule has 0 aliphatic carbocycles. The summed E-state index contributed by atoms with van der Waals surface area (Å²) in [5, 5.41) is 19.2. The zero-order chi connectivity index (χ0) is 12.2. The minimum absolute atomic E-state index is 0.419. The Morgan fingerprint density at radius 1 is 1.31 bits per heavy atom. The highest BCUT2D eigenvalue weighted by molar-refractivity contribution is 7.99. The maximum absolute atomic E-state index is 9.87. The summed E-state index contributed by atoms with van der Waals surface area (Å²) in [6, 6.07) is 7.82. The molecule has 2 nitrogen and oxygen atoms in total. The second kappa shape index (κ2) is 5.71. The highest BCUT2D eigenvalue weighted by Crippen LogP contribution is 2.25. The van der Waals surface area contributed by atoms with Crippen LogP contribution in [0.5, 0.6) is 0 Å². The lowest BCUT2D eigenvalue weighted by molar-refractivity contribution is 0.0816. The van der Waals surface area contributed by atoms with Gasteiger partial charge in [0.25, 0.3) is 0 Å². The van der Waals surface area contributed by atoms with Crippen LogP contribution >= 0.6 is 11.8 Å². The summed E-state index contributed by atoms with van der Waals surface area (Å²) in [6.07, 6.45) is 0.337. The Labute approximate surface area is 102 Å². The van der Waals surface area contributed by atoms with E-state index in [0.29, 0.717) is 5.75 Å². The topological polar surface area (TPSA) is 40.5 Å². The maximum atomic E-state index is 9.87. The third-order valence-corrected chi connectivity index (χ3v) is 4.05. The lowest BCUT2D eigenvalue weighted by Crippen LogP contribution is -2.25. The van der Waals surface area contributed by atoms with E-state index in [1.807, 2.05) is 38.1 Å². The van der Waals surface area contributed by atoms with Crippen LogP contribution in [0, 0.1) is 0 Å². The standard InChI is InChI=1S/C13H20O2S/c1-4-13(3,15)9-16-12-7-5-11(6-8-12)10(2)14/h5-8,10,14-15H,4,9H2,1-3H3. The van der Waals surface area contributed by atoms with Crippen molar-refractivity contribution < 1.29 is 10.2 Å². The van der Waals surface area contributed by atoms with Gasteiger partial charge in [-0.05, 0) is 38.0 Å². The van der Waals surface area contributed by atoms with E-state index in [9.17, 15) is 10.2 Å². The van der Waals surface area contributed by atoms with Gasteiger partial charge < -0.3 is 10.2 Å². The molecule has 3 heteroatoms. The summed E-state index contributed by atoms with van der Waals surface area (Å²) in [4.78, 5) is 1.12. The molecule has 0 spiro atoms. The third kappa shape index (κ3) is 4.16. The van der Waals surface area contributed by atoms with Crippen LogP contribution in [0.4, 0.5) is 0 Å². The molecule has 2 N–H and O–H groups in total. The fourth-order valence-electron chi connectivity index (χ4n) is 1.18. The van der Waals surface area contributed by atoms with Crippen molar-refractivity contribution >= 4 is 11.8 Å². The third-order valence-electron chi connectivity index (χ3n) is 2.67. The molecule has 1 rings (SSSR count). The number of benzene rings is 1. The molecule has 90 valence electrons. The maximum Gasteiger partial charge on any atom is 0.0761 e. The second-order valence-electron chi connectivity index (χ2n) is 4.38. The van der Waals surface area contributed by atoms with Gasteiger partial charge in [-0.15, -0.1) is 11.8 Å². The molecule has 0 saturated carbocycles. The van der Waals surface area contributed by atoms with E-state index in [4.69, 9.17) is 0 Å². The van der Waals surface area contributed by atoms with Gasteiger partial charge in [-0.3, -0.25) is 0 Å². The van der Waals surface area contributed by atoms with Crippen molar-refractivity contribution in [2.24, 2.45) is 0 Å². The SMILES string of the molecule is CCC(C)(O)CSc1ccc(C(C)O)cc1. The van der Waals surface area contributed by atoms with Gasteiger partial charge in [0.1, 0.15) is 0 Å². The first kappa shape index (κ1) is 13.6. The molecule has 0 aliphatic heterocycles. The van der Waals surface area contributed by atoms with Crippen molar-refractivity contribution in [3.05, 3.63) is 29.8 Å². The van der Waals surface area contributed by atoms with Gasteiger partial charge in [0.15, 0.2) is 0 Å². The number of thioether (sulfide) groups is 1. The van der Waals surface area contributed by atoms with Crippen LogP contribution in [0.25, 0.3) is 0 Å². The summed E-state index contributed by atoms with van der Waals surface area (Å²) in [7, 11) is 0. The molecule has 16 heavy (non-hydrogen) atoms. The van der Waals surface area contributed by atoms with Crippen LogP contribution in [0.3, 0.4) is 0 Å². The predicted molar refractivity (Wildman–Crippen MR) is 68.7 cm³/mol. The number of aliphatic hydroxyl groups excluding tert-OH is 1. The summed E-state index contributed by atoms with van der Waals surface area (Å²) in [6.45, 7) is 5.59. The molecule has 0 aliphatic rings. The predicted octanol–water partition coefficient (Wildman–Crippen LogP) is 2.99. The fourth-order valence-corrected chi connectivity index (χ4v) is 2.19. The van der Waals surface area contributed by atoms with Crippen molar-refractivity contribution in [1.82, 2.24) is 0 Å². The monoisotopic (exact) mass is 240 g/mol. The smallest absolute Gasteiger partial charge is 0.0761 e. The molecule has 0 saturated heterocycles. The Morgan fingerprint density at radius 3 is 2.31 bits per heavy atom. The molecular weight excluding hydrogens is 220 g/mol. The summed E-state index contributed by atoms with van der Waals surface area (Å²) < 4.78 is 0. The van der Waals surface area contributed by atoms with Crippen LogP contribution < -0.4 is 0 Å². The lowest BCUT2D eigenvalue weighted by Gasteiger charge is -2.20. The molecule has 2 unspecified atom stereocenters. The Hall–Kier alpha value is -0.510. The lowest BCUT2D eigenvalue weighted by atomic mass is 10.1. The van der Waals surface area contributed by atoms with E-state index in [0.717, 1.165) is 16.9 Å². The first-order valence-corrected chi connectivity index (χ1v) is 6.56. The Morgan fingerprint density at radius 2 is 1.88 bits per heavy atom. The average Bonchev–Trinajstić information content (AvgIpc) is 2.27. The zero-order valence-electron chi connectivity index (χ0n) is 10.1. The summed E-state index contributed by atoms with van der Waals surface area (Å²) in [5.74, 6) is 0.692. The number of aliphatic hydroxyl groups is 2. The molecule has 0 amide bonds. The largest absolute Gasteiger partial charge is 0.389 e. The van der Waals surface area contributed by atoms with Gasteiger partial charge >= 0.3 is 0 Å². The molecule has 0 fully saturated rings. The first-order chi connectivity index (χ1) is 7.44. The normalized spacial score (nSPS) is 16.8. The van der Waals surface area contributed by atoms with Crippen LogP contribution in [0.1, 0.15) is 38.9 Å². The van der Waals surface area contributed by atoms with E-state index in [1.54, 1.807) is 18.7 Å². The first-order valence-electron chi connectivity index (χ1n) is 5.58. The van der Waals surface area contributed by atoms with Crippen LogP contribution in [-0.2, 0) is 0 Å². The molecular formula is C13H20O2S. The van der Waals surface area contributed by atoms with Crippen molar-refractivity contribution in [2.45, 2.75) is 43.8 Å². The molecule has 2 atom stereocenters. The van der Waals surface area contributed by atoms with E-state index < -0.39 is 11.7 Å². The van der Waals surface area contributed by atoms with Gasteiger partial charge in [0.2, 0.25) is 0 Å². The molecule has 0 heterocycles. The number of rotatable bonds is 5. The van der Waals surface area contributed by atoms with Crippen LogP contribution in [0.15, 0.2) is 29.2 Å². The fraction of sp³-hybridized carbons (Fsp3) is 0.538. The summed E-state index contributed by atoms with van der Waals surface area (Å²) in [5.41, 5.74) is 0.319. The Bertz CT molecular complexity index is 317. The van der Waals surface area contributed by atoms with Crippen molar-refractivity contribution in [3.63, 3.8) is 0 Å². The minimum Gasteiger partial charge on any atom is -0.389 e. The Balaban J connectivity index is 2.56. The van der Waals surface area contributed by atoms with Gasteiger partial charge in [0, 0.05) is 10.6 Å². The second-order valence-corrected chi connectivity index (χ2v) is 5.43. The van der Waals surface area contributed by atoms with E-state index in [-0.39, 0.29) is 0 Å². The van der Waals surface area contributed by atoms with Gasteiger partial charge in [-0.25, -0.2) is 0 Å². The summed E-state index contributed by atoms with van der Waals surface area (Å²) >= 11 is 1.64. The van der Waals surface area contributed by atoms with Gasteiger partial charge in [0.05, 0.1) is 11.7 Å². The van der Waals surface area contributed by atoms with Crippen LogP contribution in [0.2, 0.25) is 0 Å². The Kier molecular flexibility index (Phi) is 4.84. The van der Waals surface area contributed by atoms with Crippen molar-refractivity contribution in [2.75, 3.05) is 5.75 Å². The number of hydrogen-bond acceptors (Lipinski definition) is 3. The highest BCUT2D eigenvalue weighted by atomic mass is 32.2. The molecule has 0 bridgehead atoms. The van der Waals surface area contributed by atoms with E-state index in [1.165, 1.54) is 0 Å². The molecule has 1 aromatic rings.